The van der Waals surface area contributed by atoms with Gasteiger partial charge in [-0.15, -0.1) is 0 Å². The maximum Gasteiger partial charge on any atom is 0.199 e. The van der Waals surface area contributed by atoms with Crippen LogP contribution in [0.1, 0.15) is 0 Å². The van der Waals surface area contributed by atoms with Gasteiger partial charge >= 0.3 is 0 Å². The van der Waals surface area contributed by atoms with Crippen molar-refractivity contribution in [2.24, 2.45) is 4.41 Å². The molecule has 1 fully saturated rings. The highest BCUT2D eigenvalue weighted by atomic mass is 31.2. The fourth-order valence-corrected chi connectivity index (χ4v) is 26.7. The topological polar surface area (TPSA) is 22.1 Å². The van der Waals surface area contributed by atoms with E-state index >= 15 is 0 Å². The highest BCUT2D eigenvalue weighted by Crippen LogP contribution is 2.60. The maximum atomic E-state index is 5.43. The lowest BCUT2D eigenvalue weighted by atomic mass is 11.5. The molecule has 19 heavy (non-hydrogen) atoms. The molecule has 1 heterocycles. The molecule has 0 unspecified atom stereocenters. The van der Waals surface area contributed by atoms with Crippen molar-refractivity contribution in [3.05, 3.63) is 0 Å². The molecule has 114 valence electrons. The van der Waals surface area contributed by atoms with Crippen LogP contribution in [0.15, 0.2) is 4.41 Å². The Morgan fingerprint density at radius 3 is 1.42 bits per heavy atom. The van der Waals surface area contributed by atoms with Crippen LogP contribution in [-0.2, 0) is 0 Å². The molecule has 0 aromatic carbocycles. The zero-order chi connectivity index (χ0) is 15.4. The van der Waals surface area contributed by atoms with Crippen LogP contribution >= 0.6 is 7.36 Å². The van der Waals surface area contributed by atoms with E-state index < -0.39 is 32.4 Å². The van der Waals surface area contributed by atoms with Crippen LogP contribution in [0.3, 0.4) is 0 Å². The van der Waals surface area contributed by atoms with Crippen molar-refractivity contribution in [3.8, 4) is 0 Å². The van der Waals surface area contributed by atoms with E-state index in [0.29, 0.717) is 0 Å². The first-order valence-electron chi connectivity index (χ1n) is 7.01. The summed E-state index contributed by atoms with van der Waals surface area (Å²) < 4.78 is 13.5. The van der Waals surface area contributed by atoms with E-state index in [1.807, 2.05) is 0 Å². The van der Waals surface area contributed by atoms with Crippen molar-refractivity contribution in [1.82, 2.24) is 12.9 Å². The van der Waals surface area contributed by atoms with Crippen LogP contribution in [-0.4, -0.2) is 65.7 Å². The second kappa shape index (κ2) is 4.90. The summed E-state index contributed by atoms with van der Waals surface area (Å²) in [5.74, 6) is 0. The van der Waals surface area contributed by atoms with Crippen molar-refractivity contribution < 1.29 is 0 Å². The Bertz CT molecular complexity index is 391. The summed E-state index contributed by atoms with van der Waals surface area (Å²) in [5.41, 5.74) is 0. The molecule has 1 saturated heterocycles. The van der Waals surface area contributed by atoms with Gasteiger partial charge in [-0.2, -0.15) is 0 Å². The summed E-state index contributed by atoms with van der Waals surface area (Å²) in [4.78, 5) is 0. The van der Waals surface area contributed by atoms with Crippen molar-refractivity contribution in [2.45, 2.75) is 45.8 Å². The first-order valence-corrected chi connectivity index (χ1v) is 18.3. The molecule has 8 heteroatoms. The van der Waals surface area contributed by atoms with E-state index in [4.69, 9.17) is 4.41 Å². The van der Waals surface area contributed by atoms with Gasteiger partial charge in [0, 0.05) is 0 Å². The van der Waals surface area contributed by atoms with Crippen molar-refractivity contribution in [2.75, 3.05) is 27.8 Å². The summed E-state index contributed by atoms with van der Waals surface area (Å²) in [6, 6.07) is 0. The maximum absolute atomic E-state index is 5.43. The van der Waals surface area contributed by atoms with E-state index in [1.54, 1.807) is 0 Å². The molecule has 0 spiro atoms. The molecule has 0 aromatic rings. The van der Waals surface area contributed by atoms with Crippen LogP contribution in [0.5, 0.6) is 0 Å². The third-order valence-corrected chi connectivity index (χ3v) is 26.0. The minimum absolute atomic E-state index is 1.43. The highest BCUT2D eigenvalue weighted by molar-refractivity contribution is 7.66. The lowest BCUT2D eigenvalue weighted by Gasteiger charge is -2.63. The average Bonchev–Trinajstić information content (AvgIpc) is 2.21. The molecule has 0 aliphatic carbocycles. The standard InChI is InChI=1S/C11H33N4PSi3/c1-13-16(4,12-17(5,6)7)14(2)19(10,11)15(3)18(13,8)9/h1-11H3. The van der Waals surface area contributed by atoms with Crippen molar-refractivity contribution in [3.63, 3.8) is 0 Å². The summed E-state index contributed by atoms with van der Waals surface area (Å²) in [7, 11) is 0.943. The Hall–Kier alpha value is 0.761. The third kappa shape index (κ3) is 2.88. The zero-order valence-corrected chi connectivity index (χ0v) is 18.6. The predicted molar refractivity (Wildman–Crippen MR) is 96.9 cm³/mol. The largest absolute Gasteiger partial charge is 0.324 e. The molecular formula is C11H33N4PSi3. The van der Waals surface area contributed by atoms with Gasteiger partial charge in [0.1, 0.15) is 0 Å². The molecule has 1 rings (SSSR count). The monoisotopic (exact) mass is 336 g/mol. The van der Waals surface area contributed by atoms with Crippen molar-refractivity contribution >= 4 is 32.4 Å². The number of rotatable bonds is 1. The number of hydrogen-bond donors (Lipinski definition) is 0. The molecule has 1 aliphatic heterocycles. The molecule has 4 nitrogen and oxygen atoms in total. The lowest BCUT2D eigenvalue weighted by Crippen LogP contribution is -2.75. The van der Waals surface area contributed by atoms with E-state index in [2.05, 4.69) is 86.5 Å². The van der Waals surface area contributed by atoms with E-state index in [0.717, 1.165) is 0 Å². The summed E-state index contributed by atoms with van der Waals surface area (Å²) in [6.45, 7) is 19.4. The first-order chi connectivity index (χ1) is 8.17. The van der Waals surface area contributed by atoms with Crippen LogP contribution < -0.4 is 0 Å². The molecule has 0 radical (unpaired) electrons. The van der Waals surface area contributed by atoms with Gasteiger partial charge in [-0.1, -0.05) is 0 Å². The quantitative estimate of drug-likeness (QED) is 0.538. The minimum Gasteiger partial charge on any atom is -0.324 e. The van der Waals surface area contributed by atoms with Gasteiger partial charge in [-0.05, 0) is 73.6 Å². The van der Waals surface area contributed by atoms with Crippen molar-refractivity contribution in [1.29, 1.82) is 0 Å². The molecule has 0 bridgehead atoms. The van der Waals surface area contributed by atoms with E-state index in [9.17, 15) is 0 Å². The number of nitrogens with zero attached hydrogens (tertiary/aromatic N) is 4. The first kappa shape index (κ1) is 17.8. The smallest absolute Gasteiger partial charge is 0.199 e. The Kier molecular flexibility index (Phi) is 4.59. The van der Waals surface area contributed by atoms with Gasteiger partial charge < -0.3 is 8.64 Å². The van der Waals surface area contributed by atoms with Gasteiger partial charge in [-0.25, -0.2) is 0 Å². The van der Waals surface area contributed by atoms with E-state index in [-0.39, 0.29) is 0 Å². The van der Waals surface area contributed by atoms with E-state index in [1.165, 1.54) is 0 Å². The third-order valence-electron chi connectivity index (χ3n) is 4.85. The summed E-state index contributed by atoms with van der Waals surface area (Å²) in [5, 5.41) is 0. The molecule has 0 saturated carbocycles. The Morgan fingerprint density at radius 2 is 1.16 bits per heavy atom. The fourth-order valence-electron chi connectivity index (χ4n) is 2.93. The molecule has 0 amide bonds. The number of hydrogen-bond acceptors (Lipinski definition) is 2. The van der Waals surface area contributed by atoms with Gasteiger partial charge in [-0.3, -0.25) is 8.67 Å². The van der Waals surface area contributed by atoms with Crippen LogP contribution in [0.4, 0.5) is 0 Å². The Balaban J connectivity index is 3.53. The fraction of sp³-hybridized carbons (Fsp3) is 1.00. The van der Waals surface area contributed by atoms with Gasteiger partial charge in [0.25, 0.3) is 0 Å². The molecule has 0 aromatic heterocycles. The van der Waals surface area contributed by atoms with Crippen LogP contribution in [0, 0.1) is 0 Å². The van der Waals surface area contributed by atoms with Crippen LogP contribution in [0.25, 0.3) is 0 Å². The summed E-state index contributed by atoms with van der Waals surface area (Å²) in [6.07, 6.45) is 0. The Morgan fingerprint density at radius 1 is 0.842 bits per heavy atom. The molecular weight excluding hydrogens is 303 g/mol. The predicted octanol–water partition coefficient (Wildman–Crippen LogP) is 3.69. The SMILES string of the molecule is CN1[Si](C)(C)N(C)P(C)(=N[Si](C)(C)C)N(C)[Si]1(C)C. The molecule has 1 aliphatic rings. The Labute approximate surface area is 123 Å². The van der Waals surface area contributed by atoms with Gasteiger partial charge in [0.05, 0.1) is 7.36 Å². The average molecular weight is 337 g/mol. The second-order valence-electron chi connectivity index (χ2n) is 7.73. The second-order valence-corrected chi connectivity index (χ2v) is 25.7. The van der Waals surface area contributed by atoms with Gasteiger partial charge in [0.2, 0.25) is 0 Å². The van der Waals surface area contributed by atoms with Crippen LogP contribution in [0.2, 0.25) is 45.8 Å². The molecule has 0 N–H and O–H groups in total. The normalized spacial score (nSPS) is 28.4. The van der Waals surface area contributed by atoms with Gasteiger partial charge in [0.15, 0.2) is 25.0 Å². The summed E-state index contributed by atoms with van der Waals surface area (Å²) >= 11 is 0. The minimum atomic E-state index is -1.55. The lowest BCUT2D eigenvalue weighted by molar-refractivity contribution is 0.530. The highest BCUT2D eigenvalue weighted by Gasteiger charge is 2.55. The zero-order valence-electron chi connectivity index (χ0n) is 14.7. The molecule has 0 atom stereocenters.